The van der Waals surface area contributed by atoms with E-state index in [2.05, 4.69) is 37.2 Å². The first-order valence-corrected chi connectivity index (χ1v) is 8.74. The predicted molar refractivity (Wildman–Crippen MR) is 104 cm³/mol. The van der Waals surface area contributed by atoms with E-state index < -0.39 is 0 Å². The average Bonchev–Trinajstić information content (AvgIpc) is 2.60. The minimum atomic E-state index is -0.258. The van der Waals surface area contributed by atoms with Crippen molar-refractivity contribution in [3.05, 3.63) is 57.0 Å². The van der Waals surface area contributed by atoms with Crippen molar-refractivity contribution in [2.45, 2.75) is 0 Å². The first kappa shape index (κ1) is 19.0. The molecule has 5 nitrogen and oxygen atoms in total. The Kier molecular flexibility index (Phi) is 7.04. The predicted octanol–water partition coefficient (Wildman–Crippen LogP) is 4.77. The number of nitrogens with zero attached hydrogens (tertiary/aromatic N) is 1. The van der Waals surface area contributed by atoms with Gasteiger partial charge in [-0.15, -0.1) is 0 Å². The van der Waals surface area contributed by atoms with Crippen LogP contribution in [-0.2, 0) is 4.79 Å². The maximum Gasteiger partial charge on any atom is 0.248 e. The van der Waals surface area contributed by atoms with E-state index >= 15 is 0 Å². The number of nitriles is 1. The highest BCUT2D eigenvalue weighted by molar-refractivity contribution is 9.11. The van der Waals surface area contributed by atoms with Crippen LogP contribution in [0.25, 0.3) is 6.08 Å². The summed E-state index contributed by atoms with van der Waals surface area (Å²) in [5, 5.41) is 11.4. The van der Waals surface area contributed by atoms with Gasteiger partial charge in [-0.1, -0.05) is 22.0 Å². The van der Waals surface area contributed by atoms with Crippen LogP contribution in [-0.4, -0.2) is 19.6 Å². The van der Waals surface area contributed by atoms with Crippen molar-refractivity contribution < 1.29 is 14.3 Å². The molecule has 0 heterocycles. The molecule has 2 aromatic carbocycles. The smallest absolute Gasteiger partial charge is 0.248 e. The van der Waals surface area contributed by atoms with Crippen LogP contribution in [0, 0.1) is 11.3 Å². The molecule has 0 aromatic heterocycles. The standard InChI is InChI=1S/C18H14Br2N2O3/c1-24-17-10-12(2-6-16(17)25-9-8-21)3-7-18(23)22-15-5-4-13(19)11-14(15)20/h2-7,10-11H,9H2,1H3,(H,22,23)/b7-3+. The SMILES string of the molecule is COc1cc(/C=C/C(=O)Nc2ccc(Br)cc2Br)ccc1OCC#N. The Morgan fingerprint density at radius 3 is 2.72 bits per heavy atom. The highest BCUT2D eigenvalue weighted by Crippen LogP contribution is 2.29. The molecular formula is C18H14Br2N2O3. The summed E-state index contributed by atoms with van der Waals surface area (Å²) >= 11 is 6.76. The lowest BCUT2D eigenvalue weighted by Crippen LogP contribution is -2.08. The lowest BCUT2D eigenvalue weighted by molar-refractivity contribution is -0.111. The Bertz CT molecular complexity index is 845. The molecule has 0 aliphatic carbocycles. The first-order chi connectivity index (χ1) is 12.0. The lowest BCUT2D eigenvalue weighted by Gasteiger charge is -2.09. The molecule has 0 bridgehead atoms. The minimum absolute atomic E-state index is 0.0595. The van der Waals surface area contributed by atoms with Crippen LogP contribution in [0.1, 0.15) is 5.56 Å². The van der Waals surface area contributed by atoms with Crippen LogP contribution in [0.15, 0.2) is 51.4 Å². The Morgan fingerprint density at radius 1 is 1.24 bits per heavy atom. The Morgan fingerprint density at radius 2 is 2.04 bits per heavy atom. The van der Waals surface area contributed by atoms with Gasteiger partial charge in [0.25, 0.3) is 0 Å². The Hall–Kier alpha value is -2.30. The van der Waals surface area contributed by atoms with Gasteiger partial charge in [0.15, 0.2) is 18.1 Å². The summed E-state index contributed by atoms with van der Waals surface area (Å²) in [6.07, 6.45) is 3.09. The molecule has 7 heteroatoms. The summed E-state index contributed by atoms with van der Waals surface area (Å²) in [4.78, 5) is 12.1. The van der Waals surface area contributed by atoms with Crippen LogP contribution in [0.2, 0.25) is 0 Å². The zero-order valence-electron chi connectivity index (χ0n) is 13.3. The number of nitrogens with one attached hydrogen (secondary N) is 1. The van der Waals surface area contributed by atoms with Gasteiger partial charge in [0.1, 0.15) is 6.07 Å². The van der Waals surface area contributed by atoms with Gasteiger partial charge in [-0.2, -0.15) is 5.26 Å². The summed E-state index contributed by atoms with van der Waals surface area (Å²) in [6.45, 7) is -0.0595. The van der Waals surface area contributed by atoms with Gasteiger partial charge in [0, 0.05) is 15.0 Å². The first-order valence-electron chi connectivity index (χ1n) is 7.15. The van der Waals surface area contributed by atoms with Crippen LogP contribution >= 0.6 is 31.9 Å². The van der Waals surface area contributed by atoms with Crippen molar-refractivity contribution in [2.24, 2.45) is 0 Å². The van der Waals surface area contributed by atoms with Crippen LogP contribution < -0.4 is 14.8 Å². The topological polar surface area (TPSA) is 71.3 Å². The summed E-state index contributed by atoms with van der Waals surface area (Å²) in [5.41, 5.74) is 1.45. The molecule has 0 radical (unpaired) electrons. The van der Waals surface area contributed by atoms with Crippen molar-refractivity contribution in [1.82, 2.24) is 0 Å². The number of methoxy groups -OCH3 is 1. The molecule has 0 atom stereocenters. The summed E-state index contributed by atoms with van der Waals surface area (Å²) in [7, 11) is 1.51. The van der Waals surface area contributed by atoms with E-state index in [-0.39, 0.29) is 12.5 Å². The minimum Gasteiger partial charge on any atom is -0.493 e. The number of benzene rings is 2. The fourth-order valence-electron chi connectivity index (χ4n) is 1.95. The molecule has 0 aliphatic heterocycles. The van der Waals surface area contributed by atoms with E-state index in [1.165, 1.54) is 13.2 Å². The highest BCUT2D eigenvalue weighted by atomic mass is 79.9. The molecule has 0 saturated heterocycles. The van der Waals surface area contributed by atoms with E-state index in [1.54, 1.807) is 30.3 Å². The molecule has 0 unspecified atom stereocenters. The molecule has 2 aromatic rings. The zero-order chi connectivity index (χ0) is 18.2. The Labute approximate surface area is 162 Å². The van der Waals surface area contributed by atoms with Crippen molar-refractivity contribution in [3.8, 4) is 17.6 Å². The van der Waals surface area contributed by atoms with Crippen LogP contribution in [0.4, 0.5) is 5.69 Å². The Balaban J connectivity index is 2.07. The molecule has 0 fully saturated rings. The molecule has 128 valence electrons. The van der Waals surface area contributed by atoms with Gasteiger partial charge in [0.05, 0.1) is 12.8 Å². The quantitative estimate of drug-likeness (QED) is 0.623. The number of carbonyl (C=O) groups excluding carboxylic acids is 1. The van der Waals surface area contributed by atoms with Gasteiger partial charge in [-0.3, -0.25) is 4.79 Å². The van der Waals surface area contributed by atoms with Gasteiger partial charge in [0.2, 0.25) is 5.91 Å². The number of amides is 1. The lowest BCUT2D eigenvalue weighted by atomic mass is 10.2. The number of rotatable bonds is 6. The van der Waals surface area contributed by atoms with Gasteiger partial charge in [-0.25, -0.2) is 0 Å². The molecule has 1 N–H and O–H groups in total. The number of carbonyl (C=O) groups is 1. The van der Waals surface area contributed by atoms with E-state index in [1.807, 2.05) is 18.2 Å². The second kappa shape index (κ2) is 9.25. The van der Waals surface area contributed by atoms with Crippen molar-refractivity contribution in [2.75, 3.05) is 19.0 Å². The molecule has 0 spiro atoms. The summed E-state index contributed by atoms with van der Waals surface area (Å²) in [6, 6.07) is 12.6. The van der Waals surface area contributed by atoms with Crippen molar-refractivity contribution in [1.29, 1.82) is 5.26 Å². The highest BCUT2D eigenvalue weighted by Gasteiger charge is 2.06. The largest absolute Gasteiger partial charge is 0.493 e. The fourth-order valence-corrected chi connectivity index (χ4v) is 3.10. The van der Waals surface area contributed by atoms with E-state index in [0.717, 1.165) is 14.5 Å². The molecule has 2 rings (SSSR count). The molecule has 0 aliphatic rings. The normalized spacial score (nSPS) is 10.3. The monoisotopic (exact) mass is 464 g/mol. The summed E-state index contributed by atoms with van der Waals surface area (Å²) < 4.78 is 12.2. The van der Waals surface area contributed by atoms with Crippen molar-refractivity contribution >= 4 is 49.5 Å². The van der Waals surface area contributed by atoms with Crippen molar-refractivity contribution in [3.63, 3.8) is 0 Å². The maximum atomic E-state index is 12.1. The molecule has 0 saturated carbocycles. The van der Waals surface area contributed by atoms with Crippen LogP contribution in [0.3, 0.4) is 0 Å². The van der Waals surface area contributed by atoms with Gasteiger partial charge in [-0.05, 0) is 57.9 Å². The van der Waals surface area contributed by atoms with Gasteiger partial charge < -0.3 is 14.8 Å². The maximum absolute atomic E-state index is 12.1. The fraction of sp³-hybridized carbons (Fsp3) is 0.111. The molecular weight excluding hydrogens is 452 g/mol. The molecule has 25 heavy (non-hydrogen) atoms. The summed E-state index contributed by atoms with van der Waals surface area (Å²) in [5.74, 6) is 0.713. The third-order valence-electron chi connectivity index (χ3n) is 3.10. The van der Waals surface area contributed by atoms with E-state index in [9.17, 15) is 4.79 Å². The number of ether oxygens (including phenoxy) is 2. The molecule has 1 amide bonds. The van der Waals surface area contributed by atoms with Crippen LogP contribution in [0.5, 0.6) is 11.5 Å². The zero-order valence-corrected chi connectivity index (χ0v) is 16.4. The van der Waals surface area contributed by atoms with E-state index in [4.69, 9.17) is 14.7 Å². The van der Waals surface area contributed by atoms with E-state index in [0.29, 0.717) is 17.2 Å². The van der Waals surface area contributed by atoms with Gasteiger partial charge >= 0.3 is 0 Å². The second-order valence-electron chi connectivity index (χ2n) is 4.80. The number of halogens is 2. The third kappa shape index (κ3) is 5.62. The third-order valence-corrected chi connectivity index (χ3v) is 4.25. The average molecular weight is 466 g/mol. The number of anilines is 1. The second-order valence-corrected chi connectivity index (χ2v) is 6.57. The number of hydrogen-bond acceptors (Lipinski definition) is 4. The number of hydrogen-bond donors (Lipinski definition) is 1.